The Hall–Kier alpha value is -0.810. The maximum absolute atomic E-state index is 10.8. The number of furan rings is 1. The number of rotatable bonds is 3. The quantitative estimate of drug-likeness (QED) is 0.827. The summed E-state index contributed by atoms with van der Waals surface area (Å²) in [5.41, 5.74) is 0. The number of hydrogen-bond donors (Lipinski definition) is 1. The summed E-state index contributed by atoms with van der Waals surface area (Å²) < 4.78 is 10.1. The first-order valence-corrected chi connectivity index (χ1v) is 4.41. The van der Waals surface area contributed by atoms with Gasteiger partial charge in [0.2, 0.25) is 0 Å². The van der Waals surface area contributed by atoms with Gasteiger partial charge in [-0.1, -0.05) is 0 Å². The Morgan fingerprint density at radius 2 is 2.54 bits per heavy atom. The topological polar surface area (TPSA) is 59.7 Å². The van der Waals surface area contributed by atoms with E-state index in [0.29, 0.717) is 5.76 Å². The molecule has 72 valence electrons. The number of carbonyl (C=O) groups excluding carboxylic acids is 1. The smallest absolute Gasteiger partial charge is 0.308 e. The Balaban J connectivity index is 2.58. The fraction of sp³-hybridized carbons (Fsp3) is 0.375. The third kappa shape index (κ3) is 2.86. The van der Waals surface area contributed by atoms with Gasteiger partial charge in [-0.2, -0.15) is 0 Å². The second-order valence-corrected chi connectivity index (χ2v) is 3.38. The lowest BCUT2D eigenvalue weighted by atomic mass is 10.2. The van der Waals surface area contributed by atoms with Crippen molar-refractivity contribution in [1.82, 2.24) is 0 Å². The number of carbonyl (C=O) groups is 1. The number of esters is 1. The summed E-state index contributed by atoms with van der Waals surface area (Å²) in [6.07, 6.45) is 0.394. The highest BCUT2D eigenvalue weighted by Crippen LogP contribution is 2.22. The van der Waals surface area contributed by atoms with Gasteiger partial charge in [-0.05, 0) is 22.0 Å². The van der Waals surface area contributed by atoms with Gasteiger partial charge < -0.3 is 14.3 Å². The van der Waals surface area contributed by atoms with Gasteiger partial charge in [-0.3, -0.25) is 4.79 Å². The molecule has 1 N–H and O–H groups in total. The molecule has 4 nitrogen and oxygen atoms in total. The molecule has 0 amide bonds. The Morgan fingerprint density at radius 3 is 3.00 bits per heavy atom. The van der Waals surface area contributed by atoms with Gasteiger partial charge in [0.1, 0.15) is 18.1 Å². The van der Waals surface area contributed by atoms with Gasteiger partial charge in [-0.25, -0.2) is 0 Å². The first-order chi connectivity index (χ1) is 6.13. The minimum absolute atomic E-state index is 0.101. The Labute approximate surface area is 83.6 Å². The number of aliphatic hydroxyl groups is 1. The van der Waals surface area contributed by atoms with Gasteiger partial charge in [0.15, 0.2) is 0 Å². The fourth-order valence-corrected chi connectivity index (χ4v) is 1.16. The minimum atomic E-state index is -0.946. The Morgan fingerprint density at radius 1 is 1.85 bits per heavy atom. The Bertz CT molecular complexity index is 294. The monoisotopic (exact) mass is 248 g/mol. The third-order valence-electron chi connectivity index (χ3n) is 1.50. The van der Waals surface area contributed by atoms with E-state index in [1.165, 1.54) is 13.4 Å². The van der Waals surface area contributed by atoms with Crippen molar-refractivity contribution in [2.75, 3.05) is 7.11 Å². The van der Waals surface area contributed by atoms with Gasteiger partial charge in [0.25, 0.3) is 0 Å². The van der Waals surface area contributed by atoms with Gasteiger partial charge in [-0.15, -0.1) is 0 Å². The van der Waals surface area contributed by atoms with Crippen molar-refractivity contribution >= 4 is 21.9 Å². The normalized spacial score (nSPS) is 12.5. The van der Waals surface area contributed by atoms with E-state index in [9.17, 15) is 9.90 Å². The lowest BCUT2D eigenvalue weighted by Gasteiger charge is -2.04. The first kappa shape index (κ1) is 10.3. The summed E-state index contributed by atoms with van der Waals surface area (Å²) in [7, 11) is 1.27. The summed E-state index contributed by atoms with van der Waals surface area (Å²) in [6, 6.07) is 1.60. The van der Waals surface area contributed by atoms with Gasteiger partial charge >= 0.3 is 5.97 Å². The van der Waals surface area contributed by atoms with E-state index in [1.807, 2.05) is 0 Å². The number of methoxy groups -OCH3 is 1. The van der Waals surface area contributed by atoms with Gasteiger partial charge in [0.05, 0.1) is 18.0 Å². The van der Waals surface area contributed by atoms with Crippen LogP contribution < -0.4 is 0 Å². The number of ether oxygens (including phenoxy) is 1. The van der Waals surface area contributed by atoms with Crippen molar-refractivity contribution in [3.05, 3.63) is 22.6 Å². The van der Waals surface area contributed by atoms with Crippen LogP contribution >= 0.6 is 15.9 Å². The molecular weight excluding hydrogens is 240 g/mol. The second kappa shape index (κ2) is 4.43. The molecule has 0 aliphatic heterocycles. The summed E-state index contributed by atoms with van der Waals surface area (Å²) >= 11 is 3.16. The van der Waals surface area contributed by atoms with Crippen LogP contribution in [0.5, 0.6) is 0 Å². The van der Waals surface area contributed by atoms with E-state index in [4.69, 9.17) is 4.42 Å². The highest BCUT2D eigenvalue weighted by molar-refractivity contribution is 9.10. The fourth-order valence-electron chi connectivity index (χ4n) is 0.845. The van der Waals surface area contributed by atoms with Crippen LogP contribution in [-0.4, -0.2) is 18.2 Å². The van der Waals surface area contributed by atoms with Crippen molar-refractivity contribution in [1.29, 1.82) is 0 Å². The SMILES string of the molecule is COC(=O)C[C@@H](O)c1cc(Br)co1. The number of halogens is 1. The molecule has 0 aliphatic carbocycles. The van der Waals surface area contributed by atoms with Crippen LogP contribution in [0.1, 0.15) is 18.3 Å². The van der Waals surface area contributed by atoms with Crippen LogP contribution in [0.2, 0.25) is 0 Å². The lowest BCUT2D eigenvalue weighted by Crippen LogP contribution is -2.07. The lowest BCUT2D eigenvalue weighted by molar-refractivity contribution is -0.143. The molecule has 0 radical (unpaired) electrons. The molecule has 0 aromatic carbocycles. The maximum atomic E-state index is 10.8. The summed E-state index contributed by atoms with van der Waals surface area (Å²) in [5, 5.41) is 9.42. The molecule has 1 aromatic heterocycles. The summed E-state index contributed by atoms with van der Waals surface area (Å²) in [5.74, 6) is -0.128. The molecule has 1 rings (SSSR count). The summed E-state index contributed by atoms with van der Waals surface area (Å²) in [6.45, 7) is 0. The highest BCUT2D eigenvalue weighted by atomic mass is 79.9. The number of aliphatic hydroxyl groups excluding tert-OH is 1. The van der Waals surface area contributed by atoms with Crippen LogP contribution in [0, 0.1) is 0 Å². The molecule has 0 fully saturated rings. The molecule has 0 saturated heterocycles. The predicted octanol–water partition coefficient (Wildman–Crippen LogP) is 1.64. The third-order valence-corrected chi connectivity index (χ3v) is 1.92. The first-order valence-electron chi connectivity index (χ1n) is 3.62. The van der Waals surface area contributed by atoms with E-state index in [2.05, 4.69) is 20.7 Å². The molecule has 1 aromatic rings. The molecule has 0 aliphatic rings. The van der Waals surface area contributed by atoms with E-state index in [-0.39, 0.29) is 6.42 Å². The van der Waals surface area contributed by atoms with Gasteiger partial charge in [0, 0.05) is 0 Å². The van der Waals surface area contributed by atoms with Crippen LogP contribution in [0.15, 0.2) is 21.2 Å². The molecule has 1 heterocycles. The van der Waals surface area contributed by atoms with E-state index in [0.717, 1.165) is 4.47 Å². The number of hydrogen-bond acceptors (Lipinski definition) is 4. The largest absolute Gasteiger partial charge is 0.469 e. The van der Waals surface area contributed by atoms with Crippen molar-refractivity contribution in [2.24, 2.45) is 0 Å². The van der Waals surface area contributed by atoms with Crippen molar-refractivity contribution in [3.8, 4) is 0 Å². The molecule has 13 heavy (non-hydrogen) atoms. The van der Waals surface area contributed by atoms with Crippen molar-refractivity contribution in [2.45, 2.75) is 12.5 Å². The zero-order valence-electron chi connectivity index (χ0n) is 6.99. The van der Waals surface area contributed by atoms with Crippen LogP contribution in [0.3, 0.4) is 0 Å². The molecule has 0 saturated carbocycles. The van der Waals surface area contributed by atoms with E-state index >= 15 is 0 Å². The second-order valence-electron chi connectivity index (χ2n) is 2.46. The molecule has 1 atom stereocenters. The van der Waals surface area contributed by atoms with Crippen LogP contribution in [0.4, 0.5) is 0 Å². The van der Waals surface area contributed by atoms with E-state index in [1.54, 1.807) is 6.07 Å². The van der Waals surface area contributed by atoms with E-state index < -0.39 is 12.1 Å². The maximum Gasteiger partial charge on any atom is 0.308 e. The highest BCUT2D eigenvalue weighted by Gasteiger charge is 2.16. The molecule has 0 spiro atoms. The zero-order valence-corrected chi connectivity index (χ0v) is 8.58. The average molecular weight is 249 g/mol. The molecule has 5 heteroatoms. The molecular formula is C8H9BrO4. The molecule has 0 bridgehead atoms. The van der Waals surface area contributed by atoms with Crippen LogP contribution in [-0.2, 0) is 9.53 Å². The zero-order chi connectivity index (χ0) is 9.84. The minimum Gasteiger partial charge on any atom is -0.469 e. The Kier molecular flexibility index (Phi) is 3.50. The average Bonchev–Trinajstić information content (AvgIpc) is 2.51. The van der Waals surface area contributed by atoms with Crippen LogP contribution in [0.25, 0.3) is 0 Å². The predicted molar refractivity (Wildman–Crippen MR) is 48.0 cm³/mol. The standard InChI is InChI=1S/C8H9BrO4/c1-12-8(11)3-6(10)7-2-5(9)4-13-7/h2,4,6,10H,3H2,1H3/t6-/m1/s1. The summed E-state index contributed by atoms with van der Waals surface area (Å²) in [4.78, 5) is 10.8. The molecule has 0 unspecified atom stereocenters. The van der Waals surface area contributed by atoms with Crippen molar-refractivity contribution in [3.63, 3.8) is 0 Å². The van der Waals surface area contributed by atoms with Crippen molar-refractivity contribution < 1.29 is 19.1 Å².